The van der Waals surface area contributed by atoms with Crippen LogP contribution in [0.5, 0.6) is 0 Å². The van der Waals surface area contributed by atoms with Crippen molar-refractivity contribution in [2.24, 2.45) is 5.73 Å². The van der Waals surface area contributed by atoms with Gasteiger partial charge >= 0.3 is 17.9 Å². The number of rotatable bonds is 14. The van der Waals surface area contributed by atoms with Crippen LogP contribution < -0.4 is 11.1 Å². The van der Waals surface area contributed by atoms with Crippen molar-refractivity contribution in [3.8, 4) is 0 Å². The molecule has 190 valence electrons. The summed E-state index contributed by atoms with van der Waals surface area (Å²) in [5, 5.41) is 2.67. The normalized spacial score (nSPS) is 24.6. The number of esters is 3. The molecule has 1 saturated heterocycles. The van der Waals surface area contributed by atoms with Crippen LogP contribution in [0, 0.1) is 0 Å². The third kappa shape index (κ3) is 11.4. The first-order valence-electron chi connectivity index (χ1n) is 11.4. The van der Waals surface area contributed by atoms with Crippen molar-refractivity contribution in [2.45, 2.75) is 96.9 Å². The highest BCUT2D eigenvalue weighted by molar-refractivity contribution is 5.73. The molecule has 5 atom stereocenters. The Morgan fingerprint density at radius 3 is 1.94 bits per heavy atom. The summed E-state index contributed by atoms with van der Waals surface area (Å²) in [4.78, 5) is 46.7. The summed E-state index contributed by atoms with van der Waals surface area (Å²) in [6.45, 7) is 5.70. The molecule has 0 unspecified atom stereocenters. The van der Waals surface area contributed by atoms with Crippen LogP contribution in [0.4, 0.5) is 0 Å². The van der Waals surface area contributed by atoms with E-state index >= 15 is 0 Å². The minimum Gasteiger partial charge on any atom is -0.463 e. The summed E-state index contributed by atoms with van der Waals surface area (Å²) >= 11 is 0. The van der Waals surface area contributed by atoms with Gasteiger partial charge in [0.25, 0.3) is 0 Å². The summed E-state index contributed by atoms with van der Waals surface area (Å²) < 4.78 is 27.7. The van der Waals surface area contributed by atoms with Crippen LogP contribution in [-0.2, 0) is 42.9 Å². The van der Waals surface area contributed by atoms with Crippen molar-refractivity contribution < 1.29 is 42.9 Å². The predicted octanol–water partition coefficient (Wildman–Crippen LogP) is 0.958. The zero-order valence-electron chi connectivity index (χ0n) is 20.0. The highest BCUT2D eigenvalue weighted by Crippen LogP contribution is 2.28. The smallest absolute Gasteiger partial charge is 0.303 e. The number of nitrogens with two attached hydrogens (primary N) is 1. The van der Waals surface area contributed by atoms with Crippen molar-refractivity contribution in [2.75, 3.05) is 19.8 Å². The molecule has 0 bridgehead atoms. The van der Waals surface area contributed by atoms with E-state index in [0.717, 1.165) is 38.5 Å². The molecule has 1 aliphatic heterocycles. The largest absolute Gasteiger partial charge is 0.463 e. The first kappa shape index (κ1) is 28.8. The SMILES string of the molecule is CC(=O)N[C@H]1[C@H](OCCCCCCCCN)O[C@H](COC(C)=O)[C@H](OC(C)=O)[C@@H]1OC(C)=O. The Bertz CT molecular complexity index is 643. The van der Waals surface area contributed by atoms with Gasteiger partial charge in [0, 0.05) is 34.3 Å². The standard InChI is InChI=1S/C22H38N2O9/c1-14(25)24-19-21(32-17(4)28)20(31-16(3)27)18(13-30-15(2)26)33-22(19)29-12-10-8-6-5-7-9-11-23/h18-22H,5-13,23H2,1-4H3,(H,24,25)/t18-,19-,20+,21-,22-/m1/s1. The molecule has 11 nitrogen and oxygen atoms in total. The van der Waals surface area contributed by atoms with Crippen molar-refractivity contribution in [3.05, 3.63) is 0 Å². The van der Waals surface area contributed by atoms with Crippen LogP contribution >= 0.6 is 0 Å². The van der Waals surface area contributed by atoms with Gasteiger partial charge in [-0.05, 0) is 19.4 Å². The number of amides is 1. The van der Waals surface area contributed by atoms with E-state index in [0.29, 0.717) is 13.2 Å². The van der Waals surface area contributed by atoms with E-state index in [-0.39, 0.29) is 6.61 Å². The van der Waals surface area contributed by atoms with E-state index in [1.165, 1.54) is 27.7 Å². The fraction of sp³-hybridized carbons (Fsp3) is 0.818. The number of nitrogens with one attached hydrogen (secondary N) is 1. The van der Waals surface area contributed by atoms with Crippen LogP contribution in [0.15, 0.2) is 0 Å². The van der Waals surface area contributed by atoms with E-state index in [9.17, 15) is 19.2 Å². The Morgan fingerprint density at radius 2 is 1.39 bits per heavy atom. The van der Waals surface area contributed by atoms with Crippen LogP contribution in [-0.4, -0.2) is 74.2 Å². The second kappa shape index (κ2) is 15.6. The highest BCUT2D eigenvalue weighted by atomic mass is 16.7. The zero-order chi connectivity index (χ0) is 24.8. The van der Waals surface area contributed by atoms with Crippen LogP contribution in [0.25, 0.3) is 0 Å². The molecule has 1 fully saturated rings. The molecule has 3 N–H and O–H groups in total. The predicted molar refractivity (Wildman–Crippen MR) is 117 cm³/mol. The van der Waals surface area contributed by atoms with Crippen molar-refractivity contribution >= 4 is 23.8 Å². The Balaban J connectivity index is 2.95. The molecule has 1 amide bonds. The number of unbranched alkanes of at least 4 members (excludes halogenated alkanes) is 5. The van der Waals surface area contributed by atoms with Gasteiger partial charge in [-0.2, -0.15) is 0 Å². The van der Waals surface area contributed by atoms with Crippen LogP contribution in [0.1, 0.15) is 66.2 Å². The Labute approximate surface area is 195 Å². The lowest BCUT2D eigenvalue weighted by atomic mass is 9.96. The van der Waals surface area contributed by atoms with Crippen molar-refractivity contribution in [3.63, 3.8) is 0 Å². The van der Waals surface area contributed by atoms with Gasteiger partial charge in [0.15, 0.2) is 18.5 Å². The van der Waals surface area contributed by atoms with Gasteiger partial charge in [-0.25, -0.2) is 0 Å². The molecule has 0 aromatic heterocycles. The van der Waals surface area contributed by atoms with Gasteiger partial charge in [-0.1, -0.05) is 25.7 Å². The quantitative estimate of drug-likeness (QED) is 0.211. The highest BCUT2D eigenvalue weighted by Gasteiger charge is 2.51. The fourth-order valence-corrected chi connectivity index (χ4v) is 3.59. The average Bonchev–Trinajstić information content (AvgIpc) is 2.71. The minimum absolute atomic E-state index is 0.251. The summed E-state index contributed by atoms with van der Waals surface area (Å²) in [7, 11) is 0. The molecule has 1 heterocycles. The first-order valence-corrected chi connectivity index (χ1v) is 11.4. The molecule has 33 heavy (non-hydrogen) atoms. The molecule has 0 spiro atoms. The second-order valence-electron chi connectivity index (χ2n) is 8.00. The van der Waals surface area contributed by atoms with Gasteiger partial charge in [-0.15, -0.1) is 0 Å². The molecular weight excluding hydrogens is 436 g/mol. The van der Waals surface area contributed by atoms with E-state index < -0.39 is 54.5 Å². The Kier molecular flexibility index (Phi) is 13.6. The van der Waals surface area contributed by atoms with E-state index in [2.05, 4.69) is 5.32 Å². The van der Waals surface area contributed by atoms with Gasteiger partial charge in [0.1, 0.15) is 18.8 Å². The van der Waals surface area contributed by atoms with E-state index in [1.807, 2.05) is 0 Å². The third-order valence-corrected chi connectivity index (χ3v) is 4.95. The van der Waals surface area contributed by atoms with Crippen molar-refractivity contribution in [1.82, 2.24) is 5.32 Å². The lowest BCUT2D eigenvalue weighted by molar-refractivity contribution is -0.277. The number of hydrogen-bond donors (Lipinski definition) is 2. The number of carbonyl (C=O) groups is 4. The topological polar surface area (TPSA) is 152 Å². The minimum atomic E-state index is -1.12. The maximum absolute atomic E-state index is 11.9. The molecule has 1 aliphatic rings. The monoisotopic (exact) mass is 474 g/mol. The summed E-state index contributed by atoms with van der Waals surface area (Å²) in [6, 6.07) is -0.936. The Morgan fingerprint density at radius 1 is 0.818 bits per heavy atom. The van der Waals surface area contributed by atoms with Gasteiger partial charge in [0.05, 0.1) is 0 Å². The second-order valence-corrected chi connectivity index (χ2v) is 8.00. The molecule has 0 aromatic rings. The molecule has 0 radical (unpaired) electrons. The molecule has 0 aromatic carbocycles. The number of hydrogen-bond acceptors (Lipinski definition) is 10. The van der Waals surface area contributed by atoms with Gasteiger partial charge in [0.2, 0.25) is 5.91 Å². The number of carbonyl (C=O) groups excluding carboxylic acids is 4. The molecule has 0 saturated carbocycles. The zero-order valence-corrected chi connectivity index (χ0v) is 20.0. The van der Waals surface area contributed by atoms with E-state index in [4.69, 9.17) is 29.4 Å². The van der Waals surface area contributed by atoms with Crippen LogP contribution in [0.2, 0.25) is 0 Å². The molecule has 0 aliphatic carbocycles. The fourth-order valence-electron chi connectivity index (χ4n) is 3.59. The molecule has 1 rings (SSSR count). The maximum atomic E-state index is 11.9. The van der Waals surface area contributed by atoms with Gasteiger partial charge in [-0.3, -0.25) is 19.2 Å². The summed E-state index contributed by atoms with van der Waals surface area (Å²) in [5.41, 5.74) is 5.50. The van der Waals surface area contributed by atoms with Crippen molar-refractivity contribution in [1.29, 1.82) is 0 Å². The lowest BCUT2D eigenvalue weighted by Gasteiger charge is -2.44. The lowest BCUT2D eigenvalue weighted by Crippen LogP contribution is -2.66. The molecule has 11 heteroatoms. The van der Waals surface area contributed by atoms with E-state index in [1.54, 1.807) is 0 Å². The molecular formula is C22H38N2O9. The third-order valence-electron chi connectivity index (χ3n) is 4.95. The Hall–Kier alpha value is -2.24. The van der Waals surface area contributed by atoms with Gasteiger partial charge < -0.3 is 34.7 Å². The summed E-state index contributed by atoms with van der Waals surface area (Å²) in [6.07, 6.45) is 1.74. The average molecular weight is 475 g/mol. The summed E-state index contributed by atoms with van der Waals surface area (Å²) in [5.74, 6) is -2.25. The maximum Gasteiger partial charge on any atom is 0.303 e. The first-order chi connectivity index (χ1) is 15.6. The number of ether oxygens (including phenoxy) is 5. The van der Waals surface area contributed by atoms with Crippen LogP contribution in [0.3, 0.4) is 0 Å².